The predicted octanol–water partition coefficient (Wildman–Crippen LogP) is 1.42. The number of hydrogen-bond acceptors (Lipinski definition) is 4. The van der Waals surface area contributed by atoms with E-state index in [1.165, 1.54) is 24.9 Å². The molecule has 0 spiro atoms. The smallest absolute Gasteiger partial charge is 0.191 e. The lowest BCUT2D eigenvalue weighted by molar-refractivity contribution is 0.245. The number of nitrogens with one attached hydrogen (secondary N) is 2. The van der Waals surface area contributed by atoms with E-state index in [0.29, 0.717) is 12.1 Å². The van der Waals surface area contributed by atoms with Crippen molar-refractivity contribution in [2.75, 3.05) is 20.1 Å². The van der Waals surface area contributed by atoms with Crippen LogP contribution in [0.1, 0.15) is 30.7 Å². The molecule has 1 fully saturated rings. The van der Waals surface area contributed by atoms with E-state index in [4.69, 9.17) is 0 Å². The van der Waals surface area contributed by atoms with Crippen molar-refractivity contribution in [3.05, 3.63) is 48.0 Å². The first-order chi connectivity index (χ1) is 13.3. The average Bonchev–Trinajstić information content (AvgIpc) is 3.34. The molecule has 2 atom stereocenters. The molecule has 7 heteroatoms. The Morgan fingerprint density at radius 1 is 1.26 bits per heavy atom. The zero-order chi connectivity index (χ0) is 18.5. The number of aliphatic imine (C=N–C) groups is 1. The number of fused-ring (bicyclic) bond motifs is 1. The minimum Gasteiger partial charge on any atom is -0.355 e. The maximum absolute atomic E-state index is 4.43. The molecule has 0 saturated carbocycles. The Bertz CT molecular complexity index is 755. The van der Waals surface area contributed by atoms with Gasteiger partial charge in [-0.25, -0.2) is 9.67 Å². The Hall–Kier alpha value is -2.41. The van der Waals surface area contributed by atoms with Crippen LogP contribution in [0, 0.1) is 0 Å². The molecule has 7 nitrogen and oxygen atoms in total. The molecule has 27 heavy (non-hydrogen) atoms. The van der Waals surface area contributed by atoms with Gasteiger partial charge < -0.3 is 10.6 Å². The first kappa shape index (κ1) is 18.0. The highest BCUT2D eigenvalue weighted by Crippen LogP contribution is 2.19. The van der Waals surface area contributed by atoms with Gasteiger partial charge >= 0.3 is 0 Å². The highest BCUT2D eigenvalue weighted by molar-refractivity contribution is 5.80. The van der Waals surface area contributed by atoms with Crippen LogP contribution in [0.3, 0.4) is 0 Å². The summed E-state index contributed by atoms with van der Waals surface area (Å²) in [4.78, 5) is 11.3. The molecule has 2 aliphatic heterocycles. The second-order valence-corrected chi connectivity index (χ2v) is 7.44. The lowest BCUT2D eigenvalue weighted by atomic mass is 10.1. The van der Waals surface area contributed by atoms with Crippen LogP contribution in [0.2, 0.25) is 0 Å². The van der Waals surface area contributed by atoms with E-state index in [-0.39, 0.29) is 0 Å². The van der Waals surface area contributed by atoms with Crippen LogP contribution in [0.15, 0.2) is 41.7 Å². The summed E-state index contributed by atoms with van der Waals surface area (Å²) >= 11 is 0. The number of hydrogen-bond donors (Lipinski definition) is 2. The van der Waals surface area contributed by atoms with Gasteiger partial charge in [0.25, 0.3) is 0 Å². The van der Waals surface area contributed by atoms with E-state index in [2.05, 4.69) is 60.9 Å². The van der Waals surface area contributed by atoms with Gasteiger partial charge in [0.05, 0.1) is 6.54 Å². The van der Waals surface area contributed by atoms with Crippen molar-refractivity contribution in [2.45, 2.75) is 50.9 Å². The van der Waals surface area contributed by atoms with Gasteiger partial charge in [0.15, 0.2) is 5.96 Å². The summed E-state index contributed by atoms with van der Waals surface area (Å²) in [6.45, 7) is 3.97. The van der Waals surface area contributed by atoms with E-state index in [9.17, 15) is 0 Å². The van der Waals surface area contributed by atoms with Crippen LogP contribution in [-0.4, -0.2) is 57.8 Å². The predicted molar refractivity (Wildman–Crippen MR) is 107 cm³/mol. The fraction of sp³-hybridized carbons (Fsp3) is 0.550. The fourth-order valence-corrected chi connectivity index (χ4v) is 4.11. The van der Waals surface area contributed by atoms with E-state index in [1.807, 2.05) is 11.7 Å². The summed E-state index contributed by atoms with van der Waals surface area (Å²) in [5.74, 6) is 1.97. The number of aryl methyl sites for hydroxylation is 1. The summed E-state index contributed by atoms with van der Waals surface area (Å²) in [6.07, 6.45) is 6.17. The van der Waals surface area contributed by atoms with Crippen molar-refractivity contribution in [1.29, 1.82) is 0 Å². The molecular weight excluding hydrogens is 338 g/mol. The molecule has 1 aromatic heterocycles. The third-order valence-electron chi connectivity index (χ3n) is 5.60. The Morgan fingerprint density at radius 2 is 2.15 bits per heavy atom. The molecule has 1 saturated heterocycles. The number of likely N-dealkylation sites (tertiary alicyclic amines) is 1. The molecule has 2 aromatic rings. The first-order valence-corrected chi connectivity index (χ1v) is 9.93. The molecule has 2 aliphatic rings. The normalized spacial score (nSPS) is 23.2. The standard InChI is InChI=1S/C20H29N7/c1-21-20(25-17-9-10-19-23-15-24-27(19)14-17)22-12-18-8-5-11-26(18)13-16-6-3-2-4-7-16/h2-4,6-7,15,17-18H,5,8-14H2,1H3,(H2,21,22,25). The number of benzene rings is 1. The largest absolute Gasteiger partial charge is 0.355 e. The zero-order valence-electron chi connectivity index (χ0n) is 16.0. The molecule has 1 aromatic carbocycles. The number of nitrogens with zero attached hydrogens (tertiary/aromatic N) is 5. The summed E-state index contributed by atoms with van der Waals surface area (Å²) in [7, 11) is 1.84. The maximum atomic E-state index is 4.43. The maximum Gasteiger partial charge on any atom is 0.191 e. The average molecular weight is 368 g/mol. The SMILES string of the molecule is CN=C(NCC1CCCN1Cc1ccccc1)NC1CCc2ncnn2C1. The van der Waals surface area contributed by atoms with Crippen molar-refractivity contribution < 1.29 is 0 Å². The quantitative estimate of drug-likeness (QED) is 0.618. The van der Waals surface area contributed by atoms with Gasteiger partial charge in [-0.05, 0) is 31.4 Å². The highest BCUT2D eigenvalue weighted by atomic mass is 15.4. The van der Waals surface area contributed by atoms with Crippen LogP contribution < -0.4 is 10.6 Å². The minimum atomic E-state index is 0.342. The van der Waals surface area contributed by atoms with Gasteiger partial charge in [0, 0.05) is 38.6 Å². The van der Waals surface area contributed by atoms with E-state index in [1.54, 1.807) is 6.33 Å². The van der Waals surface area contributed by atoms with Crippen LogP contribution in [0.4, 0.5) is 0 Å². The van der Waals surface area contributed by atoms with Crippen molar-refractivity contribution in [1.82, 2.24) is 30.3 Å². The van der Waals surface area contributed by atoms with Crippen LogP contribution in [0.5, 0.6) is 0 Å². The molecular formula is C20H29N7. The fourth-order valence-electron chi connectivity index (χ4n) is 4.11. The molecule has 2 unspecified atom stereocenters. The molecule has 144 valence electrons. The Morgan fingerprint density at radius 3 is 3.00 bits per heavy atom. The number of rotatable bonds is 5. The van der Waals surface area contributed by atoms with Crippen molar-refractivity contribution in [2.24, 2.45) is 4.99 Å². The number of guanidine groups is 1. The summed E-state index contributed by atoms with van der Waals surface area (Å²) in [6, 6.07) is 11.6. The van der Waals surface area contributed by atoms with Crippen LogP contribution in [0.25, 0.3) is 0 Å². The van der Waals surface area contributed by atoms with Crippen molar-refractivity contribution in [3.8, 4) is 0 Å². The molecule has 0 amide bonds. The van der Waals surface area contributed by atoms with Crippen LogP contribution >= 0.6 is 0 Å². The van der Waals surface area contributed by atoms with Crippen molar-refractivity contribution >= 4 is 5.96 Å². The second-order valence-electron chi connectivity index (χ2n) is 7.44. The van der Waals surface area contributed by atoms with E-state index in [0.717, 1.165) is 44.3 Å². The van der Waals surface area contributed by atoms with Gasteiger partial charge in [-0.1, -0.05) is 30.3 Å². The summed E-state index contributed by atoms with van der Waals surface area (Å²) in [5, 5.41) is 11.4. The topological polar surface area (TPSA) is 70.4 Å². The molecule has 4 rings (SSSR count). The van der Waals surface area contributed by atoms with Gasteiger partial charge in [0.1, 0.15) is 12.2 Å². The molecule has 0 bridgehead atoms. The van der Waals surface area contributed by atoms with Gasteiger partial charge in [-0.15, -0.1) is 0 Å². The van der Waals surface area contributed by atoms with E-state index < -0.39 is 0 Å². The third kappa shape index (κ3) is 4.47. The third-order valence-corrected chi connectivity index (χ3v) is 5.60. The molecule has 3 heterocycles. The number of aromatic nitrogens is 3. The zero-order valence-corrected chi connectivity index (χ0v) is 16.0. The lowest BCUT2D eigenvalue weighted by Crippen LogP contribution is -2.49. The first-order valence-electron chi connectivity index (χ1n) is 9.93. The second kappa shape index (κ2) is 8.52. The van der Waals surface area contributed by atoms with Crippen LogP contribution in [-0.2, 0) is 19.5 Å². The Balaban J connectivity index is 1.28. The monoisotopic (exact) mass is 367 g/mol. The van der Waals surface area contributed by atoms with Gasteiger partial charge in [0.2, 0.25) is 0 Å². The van der Waals surface area contributed by atoms with E-state index >= 15 is 0 Å². The molecule has 0 radical (unpaired) electrons. The molecule has 0 aliphatic carbocycles. The van der Waals surface area contributed by atoms with Crippen molar-refractivity contribution in [3.63, 3.8) is 0 Å². The van der Waals surface area contributed by atoms with Gasteiger partial charge in [-0.3, -0.25) is 9.89 Å². The summed E-state index contributed by atoms with van der Waals surface area (Å²) < 4.78 is 1.99. The molecule has 2 N–H and O–H groups in total. The Kier molecular flexibility index (Phi) is 5.67. The minimum absolute atomic E-state index is 0.342. The van der Waals surface area contributed by atoms with Gasteiger partial charge in [-0.2, -0.15) is 5.10 Å². The lowest BCUT2D eigenvalue weighted by Gasteiger charge is -2.28. The Labute approximate surface area is 160 Å². The highest BCUT2D eigenvalue weighted by Gasteiger charge is 2.25. The summed E-state index contributed by atoms with van der Waals surface area (Å²) in [5.41, 5.74) is 1.39.